The maximum Gasteiger partial charge on any atom is 0.239 e. The van der Waals surface area contributed by atoms with E-state index in [-0.39, 0.29) is 23.4 Å². The molecular weight excluding hydrogens is 283 g/mol. The normalized spacial score (nSPS) is 13.8. The van der Waals surface area contributed by atoms with Gasteiger partial charge < -0.3 is 15.7 Å². The van der Waals surface area contributed by atoms with Gasteiger partial charge in [0.2, 0.25) is 5.91 Å². The summed E-state index contributed by atoms with van der Waals surface area (Å²) in [5, 5.41) is 15.9. The number of hydrogen-bond donors (Lipinski definition) is 3. The van der Waals surface area contributed by atoms with E-state index in [9.17, 15) is 14.3 Å². The van der Waals surface area contributed by atoms with Crippen molar-refractivity contribution in [1.29, 1.82) is 0 Å². The van der Waals surface area contributed by atoms with Crippen LogP contribution in [0.15, 0.2) is 24.3 Å². The summed E-state index contributed by atoms with van der Waals surface area (Å²) in [5.41, 5.74) is -0.628. The van der Waals surface area contributed by atoms with Crippen LogP contribution in [-0.2, 0) is 4.79 Å². The van der Waals surface area contributed by atoms with E-state index in [1.54, 1.807) is 26.0 Å². The van der Waals surface area contributed by atoms with Gasteiger partial charge in [0.25, 0.3) is 0 Å². The predicted octanol–water partition coefficient (Wildman–Crippen LogP) is 2.39. The van der Waals surface area contributed by atoms with Gasteiger partial charge in [-0.25, -0.2) is 4.39 Å². The van der Waals surface area contributed by atoms with Gasteiger partial charge in [0.15, 0.2) is 0 Å². The first-order valence-corrected chi connectivity index (χ1v) is 7.49. The standard InChI is InChI=1S/C17H27FN2O2/c1-16(2,3)11-19-15(22)17(4,5)20-10-14(21)12-8-6-7-9-13(12)18/h6-9,14,20-21H,10-11H2,1-5H3,(H,19,22). The van der Waals surface area contributed by atoms with E-state index < -0.39 is 17.5 Å². The lowest BCUT2D eigenvalue weighted by Gasteiger charge is -2.29. The maximum atomic E-state index is 13.6. The van der Waals surface area contributed by atoms with Crippen molar-refractivity contribution >= 4 is 5.91 Å². The third kappa shape index (κ3) is 5.73. The number of hydrogen-bond acceptors (Lipinski definition) is 3. The zero-order valence-corrected chi connectivity index (χ0v) is 14.0. The van der Waals surface area contributed by atoms with Gasteiger partial charge in [-0.15, -0.1) is 0 Å². The van der Waals surface area contributed by atoms with Crippen molar-refractivity contribution in [3.8, 4) is 0 Å². The summed E-state index contributed by atoms with van der Waals surface area (Å²) in [5.74, 6) is -0.602. The van der Waals surface area contributed by atoms with Crippen molar-refractivity contribution in [3.63, 3.8) is 0 Å². The molecule has 1 amide bonds. The first-order chi connectivity index (χ1) is 10.0. The average molecular weight is 310 g/mol. The molecule has 0 heterocycles. The quantitative estimate of drug-likeness (QED) is 0.756. The summed E-state index contributed by atoms with van der Waals surface area (Å²) in [4.78, 5) is 12.2. The molecule has 124 valence electrons. The van der Waals surface area contributed by atoms with Crippen LogP contribution in [0.4, 0.5) is 4.39 Å². The van der Waals surface area contributed by atoms with Gasteiger partial charge in [-0.1, -0.05) is 39.0 Å². The van der Waals surface area contributed by atoms with Crippen molar-refractivity contribution in [1.82, 2.24) is 10.6 Å². The Bertz CT molecular complexity index is 510. The Hall–Kier alpha value is -1.46. The van der Waals surface area contributed by atoms with Crippen molar-refractivity contribution < 1.29 is 14.3 Å². The van der Waals surface area contributed by atoms with Gasteiger partial charge in [-0.05, 0) is 25.3 Å². The largest absolute Gasteiger partial charge is 0.387 e. The molecule has 22 heavy (non-hydrogen) atoms. The van der Waals surface area contributed by atoms with Gasteiger partial charge in [0.05, 0.1) is 11.6 Å². The number of aliphatic hydroxyl groups excluding tert-OH is 1. The molecule has 0 bridgehead atoms. The van der Waals surface area contributed by atoms with E-state index in [4.69, 9.17) is 0 Å². The smallest absolute Gasteiger partial charge is 0.239 e. The fourth-order valence-electron chi connectivity index (χ4n) is 1.85. The van der Waals surface area contributed by atoms with E-state index in [0.29, 0.717) is 6.54 Å². The molecule has 1 aromatic carbocycles. The molecule has 0 fully saturated rings. The van der Waals surface area contributed by atoms with Gasteiger partial charge >= 0.3 is 0 Å². The van der Waals surface area contributed by atoms with Crippen LogP contribution in [0.1, 0.15) is 46.3 Å². The first-order valence-electron chi connectivity index (χ1n) is 7.49. The van der Waals surface area contributed by atoms with Crippen LogP contribution in [0.3, 0.4) is 0 Å². The molecule has 0 spiro atoms. The number of nitrogens with one attached hydrogen (secondary N) is 2. The van der Waals surface area contributed by atoms with Crippen LogP contribution in [0, 0.1) is 11.2 Å². The summed E-state index contributed by atoms with van der Waals surface area (Å²) in [6.07, 6.45) is -1.00. The second-order valence-electron chi connectivity index (χ2n) is 7.29. The van der Waals surface area contributed by atoms with E-state index in [0.717, 1.165) is 0 Å². The maximum absolute atomic E-state index is 13.6. The number of amides is 1. The highest BCUT2D eigenvalue weighted by Crippen LogP contribution is 2.17. The highest BCUT2D eigenvalue weighted by molar-refractivity contribution is 5.85. The van der Waals surface area contributed by atoms with E-state index >= 15 is 0 Å². The molecule has 0 aliphatic carbocycles. The summed E-state index contributed by atoms with van der Waals surface area (Å²) >= 11 is 0. The zero-order chi connectivity index (χ0) is 17.0. The summed E-state index contributed by atoms with van der Waals surface area (Å²) in [6.45, 7) is 10.2. The van der Waals surface area contributed by atoms with Gasteiger partial charge in [0, 0.05) is 18.7 Å². The van der Waals surface area contributed by atoms with Crippen molar-refractivity contribution in [3.05, 3.63) is 35.6 Å². The van der Waals surface area contributed by atoms with Crippen molar-refractivity contribution in [2.45, 2.75) is 46.3 Å². The number of rotatable bonds is 6. The van der Waals surface area contributed by atoms with E-state index in [1.807, 2.05) is 20.8 Å². The van der Waals surface area contributed by atoms with Crippen LogP contribution < -0.4 is 10.6 Å². The van der Waals surface area contributed by atoms with E-state index in [2.05, 4.69) is 10.6 Å². The Morgan fingerprint density at radius 1 is 1.23 bits per heavy atom. The monoisotopic (exact) mass is 310 g/mol. The average Bonchev–Trinajstić information content (AvgIpc) is 2.42. The Kier molecular flexibility index (Phi) is 6.08. The molecule has 3 N–H and O–H groups in total. The topological polar surface area (TPSA) is 61.4 Å². The molecule has 1 unspecified atom stereocenters. The fourth-order valence-corrected chi connectivity index (χ4v) is 1.85. The number of carbonyl (C=O) groups is 1. The van der Waals surface area contributed by atoms with Crippen LogP contribution in [0.25, 0.3) is 0 Å². The summed E-state index contributed by atoms with van der Waals surface area (Å²) in [6, 6.07) is 6.08. The molecule has 1 aromatic rings. The number of aliphatic hydroxyl groups is 1. The van der Waals surface area contributed by atoms with E-state index in [1.165, 1.54) is 12.1 Å². The highest BCUT2D eigenvalue weighted by atomic mass is 19.1. The SMILES string of the molecule is CC(C)(C)CNC(=O)C(C)(C)NCC(O)c1ccccc1F. The summed E-state index contributed by atoms with van der Waals surface area (Å²) in [7, 11) is 0. The second kappa shape index (κ2) is 7.20. The zero-order valence-electron chi connectivity index (χ0n) is 14.0. The lowest BCUT2D eigenvalue weighted by atomic mass is 9.96. The molecule has 0 aliphatic rings. The van der Waals surface area contributed by atoms with Gasteiger partial charge in [-0.2, -0.15) is 0 Å². The lowest BCUT2D eigenvalue weighted by Crippen LogP contribution is -2.54. The van der Waals surface area contributed by atoms with Gasteiger partial charge in [-0.3, -0.25) is 4.79 Å². The first kappa shape index (κ1) is 18.6. The predicted molar refractivity (Wildman–Crippen MR) is 85.9 cm³/mol. The molecule has 1 atom stereocenters. The van der Waals surface area contributed by atoms with Crippen LogP contribution >= 0.6 is 0 Å². The van der Waals surface area contributed by atoms with Gasteiger partial charge in [0.1, 0.15) is 5.82 Å². The molecule has 0 aliphatic heterocycles. The Balaban J connectivity index is 2.58. The van der Waals surface area contributed by atoms with Crippen LogP contribution in [-0.4, -0.2) is 29.6 Å². The number of benzene rings is 1. The number of halogens is 1. The lowest BCUT2D eigenvalue weighted by molar-refractivity contribution is -0.127. The summed E-state index contributed by atoms with van der Waals surface area (Å²) < 4.78 is 13.6. The fraction of sp³-hybridized carbons (Fsp3) is 0.588. The number of carbonyl (C=O) groups excluding carboxylic acids is 1. The minimum atomic E-state index is -1.00. The third-order valence-electron chi connectivity index (χ3n) is 3.35. The molecule has 0 saturated heterocycles. The molecule has 5 heteroatoms. The Morgan fingerprint density at radius 2 is 1.82 bits per heavy atom. The molecule has 0 saturated carbocycles. The molecule has 4 nitrogen and oxygen atoms in total. The molecular formula is C17H27FN2O2. The third-order valence-corrected chi connectivity index (χ3v) is 3.35. The van der Waals surface area contributed by atoms with Crippen LogP contribution in [0.2, 0.25) is 0 Å². The molecule has 1 rings (SSSR count). The molecule has 0 radical (unpaired) electrons. The van der Waals surface area contributed by atoms with Crippen molar-refractivity contribution in [2.75, 3.05) is 13.1 Å². The second-order valence-corrected chi connectivity index (χ2v) is 7.29. The Morgan fingerprint density at radius 3 is 2.36 bits per heavy atom. The van der Waals surface area contributed by atoms with Crippen LogP contribution in [0.5, 0.6) is 0 Å². The molecule has 0 aromatic heterocycles. The number of β-amino-alcohol motifs (C(OH)–C–C–N with tert-alkyl or cyclic N) is 1. The minimum absolute atomic E-state index is 0.00157. The highest BCUT2D eigenvalue weighted by Gasteiger charge is 2.29. The Labute approximate surface area is 132 Å². The minimum Gasteiger partial charge on any atom is -0.387 e. The van der Waals surface area contributed by atoms with Crippen molar-refractivity contribution in [2.24, 2.45) is 5.41 Å².